The van der Waals surface area contributed by atoms with Crippen molar-refractivity contribution in [1.82, 2.24) is 4.31 Å². The van der Waals surface area contributed by atoms with Crippen LogP contribution in [0.15, 0.2) is 47.4 Å². The first-order chi connectivity index (χ1) is 13.4. The molecule has 28 heavy (non-hydrogen) atoms. The molecule has 150 valence electrons. The van der Waals surface area contributed by atoms with Crippen LogP contribution >= 0.6 is 0 Å². The first-order valence-corrected chi connectivity index (χ1v) is 11.0. The Balaban J connectivity index is 1.68. The summed E-state index contributed by atoms with van der Waals surface area (Å²) >= 11 is 0. The number of piperidine rings is 1. The summed E-state index contributed by atoms with van der Waals surface area (Å²) in [6.07, 6.45) is 3.51. The van der Waals surface area contributed by atoms with Crippen molar-refractivity contribution in [2.24, 2.45) is 0 Å². The molecule has 0 unspecified atom stereocenters. The van der Waals surface area contributed by atoms with E-state index in [9.17, 15) is 17.6 Å². The molecule has 1 saturated heterocycles. The van der Waals surface area contributed by atoms with Gasteiger partial charge in [0.25, 0.3) is 0 Å². The highest BCUT2D eigenvalue weighted by atomic mass is 32.2. The number of rotatable bonds is 6. The molecule has 0 aromatic heterocycles. The SMILES string of the molecule is Cc1ccc(NC(=O)CCc2ccc(F)cc2)cc1S(=O)(=O)N1CCCCC1. The fourth-order valence-corrected chi connectivity index (χ4v) is 5.10. The third-order valence-corrected chi connectivity index (χ3v) is 7.00. The van der Waals surface area contributed by atoms with E-state index < -0.39 is 10.0 Å². The number of aryl methyl sites for hydroxylation is 2. The molecule has 0 aliphatic carbocycles. The van der Waals surface area contributed by atoms with Gasteiger partial charge >= 0.3 is 0 Å². The Kier molecular flexibility index (Phi) is 6.46. The van der Waals surface area contributed by atoms with Crippen LogP contribution in [-0.4, -0.2) is 31.7 Å². The monoisotopic (exact) mass is 404 g/mol. The van der Waals surface area contributed by atoms with Crippen LogP contribution in [-0.2, 0) is 21.2 Å². The molecular weight excluding hydrogens is 379 g/mol. The lowest BCUT2D eigenvalue weighted by Gasteiger charge is -2.26. The summed E-state index contributed by atoms with van der Waals surface area (Å²) < 4.78 is 40.4. The van der Waals surface area contributed by atoms with Gasteiger partial charge < -0.3 is 5.32 Å². The Morgan fingerprint density at radius 1 is 1.07 bits per heavy atom. The van der Waals surface area contributed by atoms with Gasteiger partial charge in [0.2, 0.25) is 15.9 Å². The van der Waals surface area contributed by atoms with Crippen LogP contribution in [0.25, 0.3) is 0 Å². The Morgan fingerprint density at radius 2 is 1.75 bits per heavy atom. The number of halogens is 1. The summed E-state index contributed by atoms with van der Waals surface area (Å²) in [5, 5.41) is 2.77. The van der Waals surface area contributed by atoms with Gasteiger partial charge in [0, 0.05) is 25.2 Å². The minimum absolute atomic E-state index is 0.213. The molecule has 0 bridgehead atoms. The van der Waals surface area contributed by atoms with E-state index in [1.165, 1.54) is 22.5 Å². The first-order valence-electron chi connectivity index (χ1n) is 9.51. The van der Waals surface area contributed by atoms with E-state index in [1.807, 2.05) is 0 Å². The number of nitrogens with one attached hydrogen (secondary N) is 1. The number of benzene rings is 2. The summed E-state index contributed by atoms with van der Waals surface area (Å²) in [5.41, 5.74) is 1.99. The summed E-state index contributed by atoms with van der Waals surface area (Å²) in [6, 6.07) is 11.0. The van der Waals surface area contributed by atoms with E-state index in [2.05, 4.69) is 5.32 Å². The average Bonchev–Trinajstić information content (AvgIpc) is 2.69. The lowest BCUT2D eigenvalue weighted by atomic mass is 10.1. The number of anilines is 1. The summed E-state index contributed by atoms with van der Waals surface area (Å²) in [4.78, 5) is 12.5. The molecule has 0 saturated carbocycles. The van der Waals surface area contributed by atoms with Crippen LogP contribution in [0.4, 0.5) is 10.1 Å². The molecule has 1 aliphatic rings. The minimum atomic E-state index is -3.56. The average molecular weight is 405 g/mol. The van der Waals surface area contributed by atoms with Crippen LogP contribution < -0.4 is 5.32 Å². The summed E-state index contributed by atoms with van der Waals surface area (Å²) in [7, 11) is -3.56. The topological polar surface area (TPSA) is 66.5 Å². The van der Waals surface area contributed by atoms with E-state index in [0.29, 0.717) is 30.8 Å². The lowest BCUT2D eigenvalue weighted by molar-refractivity contribution is -0.116. The maximum atomic E-state index is 13.0. The zero-order valence-corrected chi connectivity index (χ0v) is 16.8. The van der Waals surface area contributed by atoms with E-state index in [4.69, 9.17) is 0 Å². The molecule has 1 fully saturated rings. The number of hydrogen-bond donors (Lipinski definition) is 1. The number of nitrogens with zero attached hydrogens (tertiary/aromatic N) is 1. The normalized spacial score (nSPS) is 15.4. The molecule has 2 aromatic rings. The van der Waals surface area contributed by atoms with Gasteiger partial charge in [0.05, 0.1) is 4.90 Å². The second-order valence-corrected chi connectivity index (χ2v) is 9.03. The highest BCUT2D eigenvalue weighted by Crippen LogP contribution is 2.26. The van der Waals surface area contributed by atoms with Gasteiger partial charge in [-0.25, -0.2) is 12.8 Å². The van der Waals surface area contributed by atoms with Crippen molar-refractivity contribution in [2.45, 2.75) is 43.9 Å². The standard InChI is InChI=1S/C21H25FN2O3S/c1-16-5-11-19(15-20(16)28(26,27)24-13-3-2-4-14-24)23-21(25)12-8-17-6-9-18(22)10-7-17/h5-7,9-11,15H,2-4,8,12-14H2,1H3,(H,23,25). The minimum Gasteiger partial charge on any atom is -0.326 e. The zero-order valence-electron chi connectivity index (χ0n) is 15.9. The van der Waals surface area contributed by atoms with E-state index in [0.717, 1.165) is 24.8 Å². The first kappa shape index (κ1) is 20.5. The Hall–Kier alpha value is -2.25. The number of carbonyl (C=O) groups is 1. The fraction of sp³-hybridized carbons (Fsp3) is 0.381. The summed E-state index contributed by atoms with van der Waals surface area (Å²) in [5.74, 6) is -0.523. The van der Waals surface area contributed by atoms with Crippen molar-refractivity contribution in [3.8, 4) is 0 Å². The number of hydrogen-bond acceptors (Lipinski definition) is 3. The Labute approximate surface area is 165 Å². The van der Waals surface area contributed by atoms with Crippen molar-refractivity contribution >= 4 is 21.6 Å². The number of sulfonamides is 1. The van der Waals surface area contributed by atoms with Gasteiger partial charge in [0.15, 0.2) is 0 Å². The molecule has 0 radical (unpaired) electrons. The van der Waals surface area contributed by atoms with Crippen molar-refractivity contribution in [3.05, 3.63) is 59.4 Å². The van der Waals surface area contributed by atoms with Gasteiger partial charge in [-0.05, 0) is 61.6 Å². The third-order valence-electron chi connectivity index (χ3n) is 4.96. The van der Waals surface area contributed by atoms with Gasteiger partial charge in [0.1, 0.15) is 5.82 Å². The molecule has 0 spiro atoms. The maximum absolute atomic E-state index is 13.0. The second-order valence-electron chi connectivity index (χ2n) is 7.12. The molecule has 1 aliphatic heterocycles. The van der Waals surface area contributed by atoms with Gasteiger partial charge in [-0.1, -0.05) is 24.6 Å². The van der Waals surface area contributed by atoms with Gasteiger partial charge in [-0.3, -0.25) is 4.79 Å². The van der Waals surface area contributed by atoms with E-state index in [-0.39, 0.29) is 23.0 Å². The van der Waals surface area contributed by atoms with Crippen molar-refractivity contribution in [2.75, 3.05) is 18.4 Å². The Morgan fingerprint density at radius 3 is 2.43 bits per heavy atom. The molecule has 5 nitrogen and oxygen atoms in total. The molecule has 1 heterocycles. The quantitative estimate of drug-likeness (QED) is 0.795. The van der Waals surface area contributed by atoms with E-state index >= 15 is 0 Å². The Bertz CT molecular complexity index is 937. The third kappa shape index (κ3) is 4.97. The van der Waals surface area contributed by atoms with Crippen LogP contribution in [0.1, 0.15) is 36.8 Å². The largest absolute Gasteiger partial charge is 0.326 e. The van der Waals surface area contributed by atoms with Gasteiger partial charge in [-0.2, -0.15) is 4.31 Å². The predicted molar refractivity (Wildman–Crippen MR) is 107 cm³/mol. The number of carbonyl (C=O) groups excluding carboxylic acids is 1. The van der Waals surface area contributed by atoms with E-state index in [1.54, 1.807) is 31.2 Å². The zero-order chi connectivity index (χ0) is 20.1. The maximum Gasteiger partial charge on any atom is 0.243 e. The van der Waals surface area contributed by atoms with Crippen molar-refractivity contribution < 1.29 is 17.6 Å². The highest BCUT2D eigenvalue weighted by Gasteiger charge is 2.27. The molecule has 2 aromatic carbocycles. The van der Waals surface area contributed by atoms with Crippen LogP contribution in [0.3, 0.4) is 0 Å². The van der Waals surface area contributed by atoms with Crippen LogP contribution in [0.5, 0.6) is 0 Å². The van der Waals surface area contributed by atoms with Crippen molar-refractivity contribution in [3.63, 3.8) is 0 Å². The molecule has 3 rings (SSSR count). The smallest absolute Gasteiger partial charge is 0.243 e. The lowest BCUT2D eigenvalue weighted by Crippen LogP contribution is -2.36. The van der Waals surface area contributed by atoms with Crippen LogP contribution in [0, 0.1) is 12.7 Å². The second kappa shape index (κ2) is 8.84. The molecular formula is C21H25FN2O3S. The highest BCUT2D eigenvalue weighted by molar-refractivity contribution is 7.89. The summed E-state index contributed by atoms with van der Waals surface area (Å²) in [6.45, 7) is 2.84. The van der Waals surface area contributed by atoms with Gasteiger partial charge in [-0.15, -0.1) is 0 Å². The number of amides is 1. The molecule has 1 N–H and O–H groups in total. The fourth-order valence-electron chi connectivity index (χ4n) is 3.33. The van der Waals surface area contributed by atoms with Crippen molar-refractivity contribution in [1.29, 1.82) is 0 Å². The molecule has 0 atom stereocenters. The molecule has 7 heteroatoms. The molecule has 1 amide bonds. The van der Waals surface area contributed by atoms with Crippen LogP contribution in [0.2, 0.25) is 0 Å². The predicted octanol–water partition coefficient (Wildman–Crippen LogP) is 3.88.